The lowest BCUT2D eigenvalue weighted by Crippen LogP contribution is -2.30. The molecule has 0 aliphatic heterocycles. The number of halogens is 3. The lowest BCUT2D eigenvalue weighted by Gasteiger charge is -2.29. The molecule has 0 aromatic carbocycles. The van der Waals surface area contributed by atoms with Gasteiger partial charge in [-0.25, -0.2) is 4.98 Å². The fourth-order valence-corrected chi connectivity index (χ4v) is 3.93. The van der Waals surface area contributed by atoms with Crippen molar-refractivity contribution in [3.63, 3.8) is 0 Å². The number of aromatic nitrogens is 2. The van der Waals surface area contributed by atoms with E-state index in [0.717, 1.165) is 18.4 Å². The minimum Gasteiger partial charge on any atom is -0.368 e. The summed E-state index contributed by atoms with van der Waals surface area (Å²) in [5, 5.41) is 3.09. The summed E-state index contributed by atoms with van der Waals surface area (Å²) in [7, 11) is 0. The Hall–Kier alpha value is -1.53. The summed E-state index contributed by atoms with van der Waals surface area (Å²) in [6.45, 7) is 2.01. The number of hydrogen-bond acceptors (Lipinski definition) is 4. The van der Waals surface area contributed by atoms with E-state index in [1.54, 1.807) is 0 Å². The van der Waals surface area contributed by atoms with Crippen molar-refractivity contribution in [3.05, 3.63) is 11.8 Å². The van der Waals surface area contributed by atoms with Crippen LogP contribution in [0.25, 0.3) is 0 Å². The van der Waals surface area contributed by atoms with E-state index in [1.165, 1.54) is 19.3 Å². The Labute approximate surface area is 121 Å². The van der Waals surface area contributed by atoms with Crippen molar-refractivity contribution in [3.8, 4) is 0 Å². The number of nitrogens with zero attached hydrogens (tertiary/aromatic N) is 2. The van der Waals surface area contributed by atoms with Gasteiger partial charge in [0.25, 0.3) is 0 Å². The molecule has 2 aliphatic rings. The highest BCUT2D eigenvalue weighted by Gasteiger charge is 2.42. The molecule has 21 heavy (non-hydrogen) atoms. The van der Waals surface area contributed by atoms with Gasteiger partial charge >= 0.3 is 6.18 Å². The van der Waals surface area contributed by atoms with Gasteiger partial charge in [-0.3, -0.25) is 0 Å². The van der Waals surface area contributed by atoms with Crippen molar-refractivity contribution in [1.29, 1.82) is 0 Å². The van der Waals surface area contributed by atoms with E-state index in [0.29, 0.717) is 11.8 Å². The molecule has 2 aliphatic carbocycles. The van der Waals surface area contributed by atoms with Gasteiger partial charge in [0.15, 0.2) is 5.69 Å². The number of nitrogen functional groups attached to an aromatic ring is 1. The van der Waals surface area contributed by atoms with Crippen LogP contribution in [0.1, 0.15) is 38.3 Å². The van der Waals surface area contributed by atoms with Crippen molar-refractivity contribution in [2.45, 2.75) is 44.8 Å². The van der Waals surface area contributed by atoms with E-state index in [2.05, 4.69) is 15.3 Å². The minimum absolute atomic E-state index is 0.0932. The summed E-state index contributed by atoms with van der Waals surface area (Å²) in [5.41, 5.74) is 4.38. The number of rotatable bonds is 3. The van der Waals surface area contributed by atoms with Gasteiger partial charge in [-0.1, -0.05) is 6.42 Å². The van der Waals surface area contributed by atoms with E-state index in [4.69, 9.17) is 5.73 Å². The monoisotopic (exact) mass is 300 g/mol. The normalized spacial score (nSPS) is 29.6. The molecule has 1 aromatic rings. The summed E-state index contributed by atoms with van der Waals surface area (Å²) < 4.78 is 38.2. The second-order valence-electron chi connectivity index (χ2n) is 6.27. The molecule has 1 aromatic heterocycles. The fourth-order valence-electron chi connectivity index (χ4n) is 3.93. The van der Waals surface area contributed by atoms with Crippen LogP contribution in [0.3, 0.4) is 0 Å². The Balaban J connectivity index is 1.74. The molecule has 3 rings (SSSR count). The van der Waals surface area contributed by atoms with Crippen LogP contribution in [0, 0.1) is 17.8 Å². The number of nitrogens with one attached hydrogen (secondary N) is 1. The van der Waals surface area contributed by atoms with Crippen molar-refractivity contribution in [1.82, 2.24) is 9.97 Å². The molecule has 0 spiro atoms. The second-order valence-corrected chi connectivity index (χ2v) is 6.27. The molecule has 1 heterocycles. The Morgan fingerprint density at radius 2 is 2.05 bits per heavy atom. The summed E-state index contributed by atoms with van der Waals surface area (Å²) in [4.78, 5) is 7.13. The quantitative estimate of drug-likeness (QED) is 0.899. The first-order valence-corrected chi connectivity index (χ1v) is 7.31. The molecule has 3 N–H and O–H groups in total. The van der Waals surface area contributed by atoms with Crippen molar-refractivity contribution in [2.24, 2.45) is 17.8 Å². The number of anilines is 2. The molecular weight excluding hydrogens is 281 g/mol. The van der Waals surface area contributed by atoms with Crippen LogP contribution in [0.2, 0.25) is 0 Å². The highest BCUT2D eigenvalue weighted by atomic mass is 19.4. The highest BCUT2D eigenvalue weighted by molar-refractivity contribution is 5.42. The molecule has 0 saturated heterocycles. The first-order valence-electron chi connectivity index (χ1n) is 7.31. The lowest BCUT2D eigenvalue weighted by atomic mass is 9.84. The maximum Gasteiger partial charge on any atom is 0.433 e. The first kappa shape index (κ1) is 14.4. The zero-order valence-corrected chi connectivity index (χ0v) is 11.8. The standard InChI is InChI=1S/C14H19F3N4/c1-7(10-5-8-2-3-9(10)4-8)19-12-6-11(14(15,16)17)20-13(18)21-12/h6-10H,2-5H2,1H3,(H3,18,19,20,21). The summed E-state index contributed by atoms with van der Waals surface area (Å²) in [5.74, 6) is 1.80. The molecule has 4 atom stereocenters. The molecule has 0 amide bonds. The third-order valence-corrected chi connectivity index (χ3v) is 4.84. The van der Waals surface area contributed by atoms with Gasteiger partial charge in [0.2, 0.25) is 5.95 Å². The van der Waals surface area contributed by atoms with Gasteiger partial charge in [0.05, 0.1) is 0 Å². The molecule has 4 unspecified atom stereocenters. The van der Waals surface area contributed by atoms with Crippen molar-refractivity contribution < 1.29 is 13.2 Å². The second kappa shape index (κ2) is 5.03. The van der Waals surface area contributed by atoms with Crippen LogP contribution < -0.4 is 11.1 Å². The van der Waals surface area contributed by atoms with Crippen LogP contribution in [-0.2, 0) is 6.18 Å². The van der Waals surface area contributed by atoms with Crippen molar-refractivity contribution >= 4 is 11.8 Å². The van der Waals surface area contributed by atoms with E-state index in [-0.39, 0.29) is 17.8 Å². The Morgan fingerprint density at radius 3 is 2.62 bits per heavy atom. The van der Waals surface area contributed by atoms with Crippen LogP contribution in [0.5, 0.6) is 0 Å². The molecular formula is C14H19F3N4. The third-order valence-electron chi connectivity index (χ3n) is 4.84. The highest BCUT2D eigenvalue weighted by Crippen LogP contribution is 2.49. The smallest absolute Gasteiger partial charge is 0.368 e. The summed E-state index contributed by atoms with van der Waals surface area (Å²) >= 11 is 0. The maximum absolute atomic E-state index is 12.7. The average molecular weight is 300 g/mol. The molecule has 116 valence electrons. The van der Waals surface area contributed by atoms with Gasteiger partial charge in [-0.2, -0.15) is 18.2 Å². The van der Waals surface area contributed by atoms with E-state index >= 15 is 0 Å². The van der Waals surface area contributed by atoms with Crippen LogP contribution in [0.15, 0.2) is 6.07 Å². The molecule has 2 fully saturated rings. The van der Waals surface area contributed by atoms with E-state index < -0.39 is 11.9 Å². The third kappa shape index (κ3) is 2.91. The predicted molar refractivity (Wildman–Crippen MR) is 73.5 cm³/mol. The zero-order chi connectivity index (χ0) is 15.2. The molecule has 2 bridgehead atoms. The summed E-state index contributed by atoms with van der Waals surface area (Å²) in [6.07, 6.45) is 0.443. The van der Waals surface area contributed by atoms with Crippen molar-refractivity contribution in [2.75, 3.05) is 11.1 Å². The van der Waals surface area contributed by atoms with Gasteiger partial charge in [-0.05, 0) is 43.9 Å². The Bertz CT molecular complexity index is 531. The topological polar surface area (TPSA) is 63.8 Å². The van der Waals surface area contributed by atoms with Gasteiger partial charge < -0.3 is 11.1 Å². The maximum atomic E-state index is 12.7. The molecule has 2 saturated carbocycles. The zero-order valence-electron chi connectivity index (χ0n) is 11.8. The van der Waals surface area contributed by atoms with Crippen LogP contribution in [-0.4, -0.2) is 16.0 Å². The van der Waals surface area contributed by atoms with Crippen LogP contribution in [0.4, 0.5) is 24.9 Å². The minimum atomic E-state index is -4.51. The number of alkyl halides is 3. The van der Waals surface area contributed by atoms with Crippen LogP contribution >= 0.6 is 0 Å². The fraction of sp³-hybridized carbons (Fsp3) is 0.714. The number of fused-ring (bicyclic) bond motifs is 2. The number of hydrogen-bond donors (Lipinski definition) is 2. The van der Waals surface area contributed by atoms with Gasteiger partial charge in [0.1, 0.15) is 5.82 Å². The number of nitrogens with two attached hydrogens (primary N) is 1. The molecule has 7 heteroatoms. The largest absolute Gasteiger partial charge is 0.433 e. The molecule has 0 radical (unpaired) electrons. The van der Waals surface area contributed by atoms with E-state index in [1.807, 2.05) is 6.92 Å². The van der Waals surface area contributed by atoms with Gasteiger partial charge in [0, 0.05) is 12.1 Å². The average Bonchev–Trinajstić information content (AvgIpc) is 2.99. The SMILES string of the molecule is CC(Nc1cc(C(F)(F)F)nc(N)n1)C1CC2CCC1C2. The predicted octanol–water partition coefficient (Wildman–Crippen LogP) is 3.31. The van der Waals surface area contributed by atoms with E-state index in [9.17, 15) is 13.2 Å². The Kier molecular flexibility index (Phi) is 3.45. The molecule has 4 nitrogen and oxygen atoms in total. The van der Waals surface area contributed by atoms with Gasteiger partial charge in [-0.15, -0.1) is 0 Å². The lowest BCUT2D eigenvalue weighted by molar-refractivity contribution is -0.141. The Morgan fingerprint density at radius 1 is 1.29 bits per heavy atom. The summed E-state index contributed by atoms with van der Waals surface area (Å²) in [6, 6.07) is 1.02. The first-order chi connectivity index (χ1) is 9.83.